The number of likely N-dealkylation sites (tertiary alicyclic amines) is 1. The maximum Gasteiger partial charge on any atom is 0.253 e. The second-order valence-electron chi connectivity index (χ2n) is 7.31. The van der Waals surface area contributed by atoms with Gasteiger partial charge >= 0.3 is 0 Å². The average Bonchev–Trinajstić information content (AvgIpc) is 2.71. The largest absolute Gasteiger partial charge is 0.457 e. The molecule has 5 heteroatoms. The molecule has 2 saturated heterocycles. The molecule has 142 valence electrons. The molecule has 1 atom stereocenters. The lowest BCUT2D eigenvalue weighted by Gasteiger charge is -2.46. The maximum atomic E-state index is 12.9. The smallest absolute Gasteiger partial charge is 0.253 e. The minimum absolute atomic E-state index is 0.00587. The fraction of sp³-hybridized carbons (Fsp3) is 0.409. The van der Waals surface area contributed by atoms with Gasteiger partial charge in [-0.2, -0.15) is 0 Å². The first-order chi connectivity index (χ1) is 13.2. The Balaban J connectivity index is 1.42. The Morgan fingerprint density at radius 1 is 1.07 bits per heavy atom. The van der Waals surface area contributed by atoms with Crippen LogP contribution < -0.4 is 4.74 Å². The summed E-state index contributed by atoms with van der Waals surface area (Å²) in [5.74, 6) is 1.38. The summed E-state index contributed by atoms with van der Waals surface area (Å²) in [4.78, 5) is 14.8. The predicted molar refractivity (Wildman–Crippen MR) is 102 cm³/mol. The molecule has 2 aliphatic rings. The number of carbonyl (C=O) groups excluding carboxylic acids is 1. The quantitative estimate of drug-likeness (QED) is 0.900. The Morgan fingerprint density at radius 3 is 2.56 bits per heavy atom. The molecule has 2 aliphatic heterocycles. The van der Waals surface area contributed by atoms with Crippen molar-refractivity contribution in [1.29, 1.82) is 0 Å². The van der Waals surface area contributed by atoms with E-state index in [0.717, 1.165) is 18.6 Å². The van der Waals surface area contributed by atoms with E-state index in [1.165, 1.54) is 0 Å². The van der Waals surface area contributed by atoms with Crippen LogP contribution >= 0.6 is 0 Å². The number of amides is 1. The fourth-order valence-electron chi connectivity index (χ4n) is 3.98. The molecular formula is C22H25NO4. The summed E-state index contributed by atoms with van der Waals surface area (Å²) in [5, 5.41) is 10.4. The number of benzene rings is 2. The van der Waals surface area contributed by atoms with Crippen LogP contribution in [0.5, 0.6) is 11.5 Å². The zero-order valence-electron chi connectivity index (χ0n) is 15.3. The Bertz CT molecular complexity index is 784. The molecule has 0 aliphatic carbocycles. The molecule has 1 spiro atoms. The van der Waals surface area contributed by atoms with E-state index in [-0.39, 0.29) is 5.91 Å². The number of nitrogens with zero attached hydrogens (tertiary/aromatic N) is 1. The van der Waals surface area contributed by atoms with E-state index >= 15 is 0 Å². The lowest BCUT2D eigenvalue weighted by atomic mass is 9.82. The van der Waals surface area contributed by atoms with Crippen molar-refractivity contribution in [3.8, 4) is 11.5 Å². The summed E-state index contributed by atoms with van der Waals surface area (Å²) in [6, 6.07) is 16.8. The summed E-state index contributed by atoms with van der Waals surface area (Å²) in [7, 11) is 0. The van der Waals surface area contributed by atoms with Crippen LogP contribution in [0.4, 0.5) is 0 Å². The van der Waals surface area contributed by atoms with Crippen LogP contribution in [0.25, 0.3) is 0 Å². The Kier molecular flexibility index (Phi) is 5.14. The van der Waals surface area contributed by atoms with E-state index in [2.05, 4.69) is 0 Å². The van der Waals surface area contributed by atoms with Crippen molar-refractivity contribution >= 4 is 5.91 Å². The van der Waals surface area contributed by atoms with Crippen LogP contribution in [0, 0.1) is 0 Å². The molecule has 2 heterocycles. The van der Waals surface area contributed by atoms with Gasteiger partial charge in [-0.3, -0.25) is 4.79 Å². The van der Waals surface area contributed by atoms with Crippen molar-refractivity contribution in [3.05, 3.63) is 60.2 Å². The van der Waals surface area contributed by atoms with Gasteiger partial charge in [0.2, 0.25) is 0 Å². The Labute approximate surface area is 159 Å². The summed E-state index contributed by atoms with van der Waals surface area (Å²) in [5.41, 5.74) is 0.150. The van der Waals surface area contributed by atoms with Gasteiger partial charge in [0.25, 0.3) is 5.91 Å². The molecule has 2 fully saturated rings. The Morgan fingerprint density at radius 2 is 1.81 bits per heavy atom. The third kappa shape index (κ3) is 3.84. The molecule has 2 aromatic carbocycles. The van der Waals surface area contributed by atoms with Gasteiger partial charge in [0.1, 0.15) is 11.5 Å². The topological polar surface area (TPSA) is 59.0 Å². The molecule has 0 unspecified atom stereocenters. The molecule has 0 radical (unpaired) electrons. The van der Waals surface area contributed by atoms with Gasteiger partial charge in [-0.1, -0.05) is 24.3 Å². The zero-order chi connectivity index (χ0) is 18.7. The molecule has 1 amide bonds. The second kappa shape index (κ2) is 7.71. The van der Waals surface area contributed by atoms with E-state index in [1.807, 2.05) is 53.4 Å². The highest BCUT2D eigenvalue weighted by Gasteiger charge is 2.44. The number of piperidine rings is 1. The van der Waals surface area contributed by atoms with E-state index in [9.17, 15) is 9.90 Å². The molecule has 4 rings (SSSR count). The molecular weight excluding hydrogens is 342 g/mol. The first-order valence-corrected chi connectivity index (χ1v) is 9.61. The van der Waals surface area contributed by atoms with Gasteiger partial charge in [0, 0.05) is 25.3 Å². The predicted octanol–water partition coefficient (Wildman–Crippen LogP) is 3.63. The molecule has 0 saturated carbocycles. The van der Waals surface area contributed by atoms with Gasteiger partial charge < -0.3 is 19.5 Å². The van der Waals surface area contributed by atoms with Gasteiger partial charge in [-0.05, 0) is 56.0 Å². The normalized spacial score (nSPS) is 21.8. The first kappa shape index (κ1) is 18.0. The number of aliphatic hydroxyl groups is 1. The number of para-hydroxylation sites is 1. The number of carbonyl (C=O) groups is 1. The third-order valence-corrected chi connectivity index (χ3v) is 5.58. The molecule has 0 aromatic heterocycles. The zero-order valence-corrected chi connectivity index (χ0v) is 15.3. The maximum absolute atomic E-state index is 12.9. The molecule has 27 heavy (non-hydrogen) atoms. The number of hydrogen-bond donors (Lipinski definition) is 1. The van der Waals surface area contributed by atoms with E-state index in [0.29, 0.717) is 43.9 Å². The molecule has 0 bridgehead atoms. The fourth-order valence-corrected chi connectivity index (χ4v) is 3.98. The summed E-state index contributed by atoms with van der Waals surface area (Å²) in [6.07, 6.45) is 2.62. The number of aliphatic hydroxyl groups excluding tert-OH is 1. The van der Waals surface area contributed by atoms with Crippen molar-refractivity contribution < 1.29 is 19.4 Å². The lowest BCUT2D eigenvalue weighted by molar-refractivity contribution is -0.174. The third-order valence-electron chi connectivity index (χ3n) is 5.58. The van der Waals surface area contributed by atoms with E-state index in [1.54, 1.807) is 6.07 Å². The first-order valence-electron chi connectivity index (χ1n) is 9.61. The Hall–Kier alpha value is -2.37. The van der Waals surface area contributed by atoms with Crippen LogP contribution in [-0.2, 0) is 4.74 Å². The van der Waals surface area contributed by atoms with Crippen molar-refractivity contribution in [2.24, 2.45) is 0 Å². The van der Waals surface area contributed by atoms with Crippen molar-refractivity contribution in [2.45, 2.75) is 37.4 Å². The molecule has 1 N–H and O–H groups in total. The number of rotatable bonds is 3. The highest BCUT2D eigenvalue weighted by molar-refractivity contribution is 5.94. The van der Waals surface area contributed by atoms with Gasteiger partial charge in [0.05, 0.1) is 11.7 Å². The van der Waals surface area contributed by atoms with E-state index < -0.39 is 11.7 Å². The van der Waals surface area contributed by atoms with Gasteiger partial charge in [-0.25, -0.2) is 0 Å². The van der Waals surface area contributed by atoms with Crippen LogP contribution in [0.2, 0.25) is 0 Å². The minimum atomic E-state index is -0.465. The monoisotopic (exact) mass is 367 g/mol. The van der Waals surface area contributed by atoms with E-state index in [4.69, 9.17) is 9.47 Å². The second-order valence-corrected chi connectivity index (χ2v) is 7.31. The minimum Gasteiger partial charge on any atom is -0.457 e. The summed E-state index contributed by atoms with van der Waals surface area (Å²) >= 11 is 0. The van der Waals surface area contributed by atoms with Crippen LogP contribution in [-0.4, -0.2) is 47.3 Å². The van der Waals surface area contributed by atoms with Gasteiger partial charge in [0.15, 0.2) is 0 Å². The van der Waals surface area contributed by atoms with Crippen molar-refractivity contribution in [3.63, 3.8) is 0 Å². The van der Waals surface area contributed by atoms with Crippen LogP contribution in [0.15, 0.2) is 54.6 Å². The van der Waals surface area contributed by atoms with Crippen LogP contribution in [0.3, 0.4) is 0 Å². The highest BCUT2D eigenvalue weighted by Crippen LogP contribution is 2.35. The van der Waals surface area contributed by atoms with Gasteiger partial charge in [-0.15, -0.1) is 0 Å². The highest BCUT2D eigenvalue weighted by atomic mass is 16.5. The average molecular weight is 367 g/mol. The molecule has 5 nitrogen and oxygen atoms in total. The summed E-state index contributed by atoms with van der Waals surface area (Å²) in [6.45, 7) is 1.89. The standard InChI is InChI=1S/C22H25NO4/c24-20-10-5-15-26-22(20)11-13-23(14-12-22)21(25)17-6-4-9-19(16-17)27-18-7-2-1-3-8-18/h1-4,6-9,16,20,24H,5,10-15H2/t20-/m0/s1. The summed E-state index contributed by atoms with van der Waals surface area (Å²) < 4.78 is 11.8. The van der Waals surface area contributed by atoms with Crippen molar-refractivity contribution in [2.75, 3.05) is 19.7 Å². The van der Waals surface area contributed by atoms with Crippen LogP contribution in [0.1, 0.15) is 36.0 Å². The SMILES string of the molecule is O=C(c1cccc(Oc2ccccc2)c1)N1CCC2(CC1)OCCC[C@@H]2O. The van der Waals surface area contributed by atoms with Crippen molar-refractivity contribution in [1.82, 2.24) is 4.90 Å². The lowest BCUT2D eigenvalue weighted by Crippen LogP contribution is -2.56. The molecule has 2 aromatic rings. The number of ether oxygens (including phenoxy) is 2. The number of hydrogen-bond acceptors (Lipinski definition) is 4.